The molecule has 1 aromatic heterocycles. The Morgan fingerprint density at radius 2 is 1.83 bits per heavy atom. The van der Waals surface area contributed by atoms with Crippen LogP contribution in [0.15, 0.2) is 16.9 Å². The predicted molar refractivity (Wildman–Crippen MR) is 70.4 cm³/mol. The molecular formula is C14H15NO3. The zero-order valence-electron chi connectivity index (χ0n) is 10.9. The monoisotopic (exact) mass is 245 g/mol. The van der Waals surface area contributed by atoms with Gasteiger partial charge in [-0.15, -0.1) is 0 Å². The molecule has 0 amide bonds. The van der Waals surface area contributed by atoms with Crippen LogP contribution in [0.25, 0.3) is 10.9 Å². The van der Waals surface area contributed by atoms with Crippen molar-refractivity contribution >= 4 is 16.9 Å². The fraction of sp³-hybridized carbons (Fsp3) is 0.286. The molecule has 0 fully saturated rings. The fourth-order valence-corrected chi connectivity index (χ4v) is 2.51. The second-order valence-corrected chi connectivity index (χ2v) is 4.65. The normalized spacial score (nSPS) is 10.9. The largest absolute Gasteiger partial charge is 0.477 e. The first kappa shape index (κ1) is 12.4. The summed E-state index contributed by atoms with van der Waals surface area (Å²) in [6, 6.07) is 3.91. The number of carbonyl (C=O) groups is 1. The Balaban J connectivity index is 3.13. The number of aryl methyl sites for hydroxylation is 4. The molecule has 94 valence electrons. The summed E-state index contributed by atoms with van der Waals surface area (Å²) in [4.78, 5) is 23.3. The topological polar surface area (TPSA) is 59.3 Å². The van der Waals surface area contributed by atoms with Gasteiger partial charge in [-0.1, -0.05) is 11.6 Å². The Morgan fingerprint density at radius 3 is 2.39 bits per heavy atom. The van der Waals surface area contributed by atoms with Crippen molar-refractivity contribution in [2.75, 3.05) is 0 Å². The molecule has 0 aliphatic carbocycles. The molecule has 4 nitrogen and oxygen atoms in total. The molecule has 1 N–H and O–H groups in total. The van der Waals surface area contributed by atoms with Gasteiger partial charge in [-0.2, -0.15) is 0 Å². The van der Waals surface area contributed by atoms with Crippen LogP contribution in [0, 0.1) is 20.8 Å². The standard InChI is InChI=1S/C14H15NO3/c1-7-5-8(2)12-10(6-7)9(3)11(14(17)18)13(16)15(12)4/h5-6H,1-4H3,(H,17,18). The van der Waals surface area contributed by atoms with Crippen molar-refractivity contribution in [2.24, 2.45) is 7.05 Å². The van der Waals surface area contributed by atoms with E-state index in [-0.39, 0.29) is 5.56 Å². The second-order valence-electron chi connectivity index (χ2n) is 4.65. The maximum Gasteiger partial charge on any atom is 0.341 e. The van der Waals surface area contributed by atoms with E-state index in [9.17, 15) is 9.59 Å². The molecule has 0 saturated carbocycles. The lowest BCUT2D eigenvalue weighted by atomic mass is 9.99. The molecule has 0 radical (unpaired) electrons. The first-order chi connectivity index (χ1) is 8.34. The number of nitrogens with zero attached hydrogens (tertiary/aromatic N) is 1. The molecule has 1 aromatic carbocycles. The Morgan fingerprint density at radius 1 is 1.22 bits per heavy atom. The minimum atomic E-state index is -1.17. The summed E-state index contributed by atoms with van der Waals surface area (Å²) < 4.78 is 1.42. The van der Waals surface area contributed by atoms with Gasteiger partial charge in [0, 0.05) is 12.4 Å². The van der Waals surface area contributed by atoms with Crippen molar-refractivity contribution in [3.05, 3.63) is 44.7 Å². The molecule has 0 spiro atoms. The van der Waals surface area contributed by atoms with Gasteiger partial charge in [-0.3, -0.25) is 4.79 Å². The maximum absolute atomic E-state index is 12.1. The van der Waals surface area contributed by atoms with Crippen molar-refractivity contribution < 1.29 is 9.90 Å². The third-order valence-corrected chi connectivity index (χ3v) is 3.29. The number of benzene rings is 1. The summed E-state index contributed by atoms with van der Waals surface area (Å²) in [5, 5.41) is 9.98. The van der Waals surface area contributed by atoms with Crippen LogP contribution in [0.2, 0.25) is 0 Å². The summed E-state index contributed by atoms with van der Waals surface area (Å²) in [5.74, 6) is -1.17. The van der Waals surface area contributed by atoms with Crippen molar-refractivity contribution in [3.8, 4) is 0 Å². The lowest BCUT2D eigenvalue weighted by Gasteiger charge is -2.13. The number of hydrogen-bond acceptors (Lipinski definition) is 2. The van der Waals surface area contributed by atoms with Crippen LogP contribution in [0.4, 0.5) is 0 Å². The van der Waals surface area contributed by atoms with Crippen molar-refractivity contribution in [3.63, 3.8) is 0 Å². The van der Waals surface area contributed by atoms with Crippen LogP contribution >= 0.6 is 0 Å². The minimum Gasteiger partial charge on any atom is -0.477 e. The van der Waals surface area contributed by atoms with E-state index in [1.54, 1.807) is 14.0 Å². The third-order valence-electron chi connectivity index (χ3n) is 3.29. The van der Waals surface area contributed by atoms with Crippen molar-refractivity contribution in [1.82, 2.24) is 4.57 Å². The van der Waals surface area contributed by atoms with E-state index in [1.165, 1.54) is 4.57 Å². The molecule has 2 rings (SSSR count). The summed E-state index contributed by atoms with van der Waals surface area (Å²) in [5.41, 5.74) is 2.76. The van der Waals surface area contributed by atoms with E-state index in [0.717, 1.165) is 22.0 Å². The molecule has 0 unspecified atom stereocenters. The highest BCUT2D eigenvalue weighted by molar-refractivity contribution is 5.97. The number of hydrogen-bond donors (Lipinski definition) is 1. The zero-order chi connectivity index (χ0) is 13.6. The van der Waals surface area contributed by atoms with Gasteiger partial charge >= 0.3 is 5.97 Å². The van der Waals surface area contributed by atoms with Crippen LogP contribution in [0.5, 0.6) is 0 Å². The Labute approximate surface area is 104 Å². The Hall–Kier alpha value is -2.10. The Bertz CT molecular complexity index is 726. The lowest BCUT2D eigenvalue weighted by Crippen LogP contribution is -2.26. The van der Waals surface area contributed by atoms with Gasteiger partial charge in [-0.05, 0) is 38.0 Å². The molecule has 0 aliphatic rings. The SMILES string of the molecule is Cc1cc(C)c2c(c1)c(C)c(C(=O)O)c(=O)n2C. The van der Waals surface area contributed by atoms with E-state index in [0.29, 0.717) is 5.56 Å². The molecule has 0 saturated heterocycles. The zero-order valence-corrected chi connectivity index (χ0v) is 10.9. The average molecular weight is 245 g/mol. The van der Waals surface area contributed by atoms with Crippen molar-refractivity contribution in [1.29, 1.82) is 0 Å². The van der Waals surface area contributed by atoms with Gasteiger partial charge in [0.25, 0.3) is 5.56 Å². The average Bonchev–Trinajstić information content (AvgIpc) is 2.25. The van der Waals surface area contributed by atoms with E-state index < -0.39 is 11.5 Å². The smallest absolute Gasteiger partial charge is 0.341 e. The predicted octanol–water partition coefficient (Wildman–Crippen LogP) is 2.16. The molecular weight excluding hydrogens is 230 g/mol. The van der Waals surface area contributed by atoms with Gasteiger partial charge in [0.1, 0.15) is 5.56 Å². The highest BCUT2D eigenvalue weighted by atomic mass is 16.4. The Kier molecular flexibility index (Phi) is 2.73. The van der Waals surface area contributed by atoms with Gasteiger partial charge in [0.2, 0.25) is 0 Å². The fourth-order valence-electron chi connectivity index (χ4n) is 2.51. The molecule has 2 aromatic rings. The molecule has 0 atom stereocenters. The molecule has 0 bridgehead atoms. The second kappa shape index (κ2) is 3.98. The lowest BCUT2D eigenvalue weighted by molar-refractivity contribution is 0.0694. The van der Waals surface area contributed by atoms with Gasteiger partial charge < -0.3 is 9.67 Å². The summed E-state index contributed by atoms with van der Waals surface area (Å²) in [6.07, 6.45) is 0. The van der Waals surface area contributed by atoms with E-state index in [4.69, 9.17) is 5.11 Å². The number of aromatic nitrogens is 1. The van der Waals surface area contributed by atoms with E-state index in [1.807, 2.05) is 26.0 Å². The molecule has 18 heavy (non-hydrogen) atoms. The highest BCUT2D eigenvalue weighted by Crippen LogP contribution is 2.23. The quantitative estimate of drug-likeness (QED) is 0.837. The summed E-state index contributed by atoms with van der Waals surface area (Å²) >= 11 is 0. The third kappa shape index (κ3) is 1.61. The van der Waals surface area contributed by atoms with E-state index in [2.05, 4.69) is 0 Å². The van der Waals surface area contributed by atoms with Crippen LogP contribution in [0.1, 0.15) is 27.0 Å². The molecule has 4 heteroatoms. The number of rotatable bonds is 1. The first-order valence-electron chi connectivity index (χ1n) is 5.68. The van der Waals surface area contributed by atoms with Crippen molar-refractivity contribution in [2.45, 2.75) is 20.8 Å². The number of pyridine rings is 1. The van der Waals surface area contributed by atoms with E-state index >= 15 is 0 Å². The number of fused-ring (bicyclic) bond motifs is 1. The highest BCUT2D eigenvalue weighted by Gasteiger charge is 2.18. The first-order valence-corrected chi connectivity index (χ1v) is 5.68. The number of aromatic carboxylic acids is 1. The minimum absolute atomic E-state index is 0.144. The van der Waals surface area contributed by atoms with Crippen LogP contribution in [-0.2, 0) is 7.05 Å². The van der Waals surface area contributed by atoms with Gasteiger partial charge in [0.15, 0.2) is 0 Å². The molecule has 0 aliphatic heterocycles. The van der Waals surface area contributed by atoms with Crippen LogP contribution < -0.4 is 5.56 Å². The summed E-state index contributed by atoms with van der Waals surface area (Å²) in [7, 11) is 1.61. The molecule has 1 heterocycles. The number of carboxylic acids is 1. The summed E-state index contributed by atoms with van der Waals surface area (Å²) in [6.45, 7) is 5.57. The maximum atomic E-state index is 12.1. The number of carboxylic acid groups (broad SMARTS) is 1. The van der Waals surface area contributed by atoms with Crippen LogP contribution in [-0.4, -0.2) is 15.6 Å². The van der Waals surface area contributed by atoms with Crippen LogP contribution in [0.3, 0.4) is 0 Å². The van der Waals surface area contributed by atoms with Gasteiger partial charge in [0.05, 0.1) is 5.52 Å². The van der Waals surface area contributed by atoms with Gasteiger partial charge in [-0.25, -0.2) is 4.79 Å².